The van der Waals surface area contributed by atoms with Gasteiger partial charge in [0.15, 0.2) is 0 Å². The monoisotopic (exact) mass is 430 g/mol. The number of pyridine rings is 1. The van der Waals surface area contributed by atoms with Crippen LogP contribution in [0.2, 0.25) is 0 Å². The molecule has 0 spiro atoms. The molecule has 1 amide bonds. The summed E-state index contributed by atoms with van der Waals surface area (Å²) < 4.78 is 15.3. The Morgan fingerprint density at radius 2 is 1.97 bits per heavy atom. The largest absolute Gasteiger partial charge is 0.479 e. The third kappa shape index (κ3) is 7.34. The van der Waals surface area contributed by atoms with Crippen LogP contribution in [0.25, 0.3) is 17.0 Å². The van der Waals surface area contributed by atoms with E-state index in [4.69, 9.17) is 15.2 Å². The van der Waals surface area contributed by atoms with Crippen LogP contribution < -0.4 is 5.73 Å². The van der Waals surface area contributed by atoms with Crippen LogP contribution in [0.1, 0.15) is 39.0 Å². The van der Waals surface area contributed by atoms with E-state index in [0.717, 1.165) is 28.6 Å². The second-order valence-electron chi connectivity index (χ2n) is 8.07. The van der Waals surface area contributed by atoms with E-state index < -0.39 is 23.3 Å². The number of carbonyl (C=O) groups excluding carboxylic acids is 1. The van der Waals surface area contributed by atoms with Gasteiger partial charge >= 0.3 is 12.1 Å². The molecule has 1 unspecified atom stereocenters. The topological polar surface area (TPSA) is 121 Å². The van der Waals surface area contributed by atoms with Crippen LogP contribution in [-0.4, -0.2) is 53.2 Å². The Bertz CT molecular complexity index is 943. The fourth-order valence-corrected chi connectivity index (χ4v) is 2.85. The fraction of sp³-hybridized carbons (Fsp3) is 0.435. The molecule has 0 bridgehead atoms. The molecular formula is C23H30N2O6. The summed E-state index contributed by atoms with van der Waals surface area (Å²) in [4.78, 5) is 26.1. The summed E-state index contributed by atoms with van der Waals surface area (Å²) >= 11 is 0. The number of carboxylic acid groups (broad SMARTS) is 1. The van der Waals surface area contributed by atoms with E-state index in [1.165, 1.54) is 0 Å². The van der Waals surface area contributed by atoms with Gasteiger partial charge in [0, 0.05) is 11.1 Å². The first-order valence-electron chi connectivity index (χ1n) is 10.1. The molecule has 1 saturated heterocycles. The van der Waals surface area contributed by atoms with E-state index >= 15 is 0 Å². The summed E-state index contributed by atoms with van der Waals surface area (Å²) in [5, 5.41) is 10.5. The van der Waals surface area contributed by atoms with E-state index in [9.17, 15) is 14.7 Å². The smallest absolute Gasteiger partial charge is 0.405 e. The van der Waals surface area contributed by atoms with Gasteiger partial charge in [-0.25, -0.2) is 9.59 Å². The summed E-state index contributed by atoms with van der Waals surface area (Å²) in [5.41, 5.74) is 5.67. The molecule has 2 aromatic rings. The maximum atomic E-state index is 11.5. The van der Waals surface area contributed by atoms with E-state index in [1.807, 2.05) is 30.3 Å². The van der Waals surface area contributed by atoms with Gasteiger partial charge in [-0.2, -0.15) is 0 Å². The van der Waals surface area contributed by atoms with Gasteiger partial charge in [-0.3, -0.25) is 4.98 Å². The molecular weight excluding hydrogens is 400 g/mol. The number of fused-ring (bicyclic) bond motifs is 1. The maximum Gasteiger partial charge on any atom is 0.405 e. The van der Waals surface area contributed by atoms with Crippen molar-refractivity contribution in [2.75, 3.05) is 19.8 Å². The zero-order valence-corrected chi connectivity index (χ0v) is 18.4. The first-order chi connectivity index (χ1) is 14.5. The molecule has 168 valence electrons. The lowest BCUT2D eigenvalue weighted by Gasteiger charge is -2.30. The number of carboxylic acids is 1. The van der Waals surface area contributed by atoms with Crippen LogP contribution in [0.15, 0.2) is 36.4 Å². The first-order valence-corrected chi connectivity index (χ1v) is 10.1. The molecule has 1 aliphatic rings. The van der Waals surface area contributed by atoms with Gasteiger partial charge < -0.3 is 25.1 Å². The van der Waals surface area contributed by atoms with Crippen LogP contribution in [0.3, 0.4) is 0 Å². The minimum Gasteiger partial charge on any atom is -0.479 e. The predicted molar refractivity (Wildman–Crippen MR) is 118 cm³/mol. The maximum absolute atomic E-state index is 11.5. The Morgan fingerprint density at radius 3 is 2.48 bits per heavy atom. The molecule has 1 aliphatic heterocycles. The summed E-state index contributed by atoms with van der Waals surface area (Å²) in [5.74, 6) is -1.04. The quantitative estimate of drug-likeness (QED) is 0.761. The van der Waals surface area contributed by atoms with Crippen LogP contribution in [0.4, 0.5) is 4.79 Å². The Hall–Kier alpha value is -2.97. The SMILES string of the molecule is CC(C)(C)OC(N)=O.CCc1ccc2ccc(/C=C/C3(C(=O)O)COCCO3)cc2n1. The molecule has 8 heteroatoms. The average Bonchev–Trinajstić information content (AvgIpc) is 2.71. The van der Waals surface area contributed by atoms with Crippen molar-refractivity contribution in [2.45, 2.75) is 45.3 Å². The summed E-state index contributed by atoms with van der Waals surface area (Å²) in [7, 11) is 0. The molecule has 3 N–H and O–H groups in total. The number of nitrogens with two attached hydrogens (primary N) is 1. The highest BCUT2D eigenvalue weighted by atomic mass is 16.6. The zero-order chi connectivity index (χ0) is 23.1. The third-order valence-electron chi connectivity index (χ3n) is 4.35. The van der Waals surface area contributed by atoms with Crippen molar-refractivity contribution in [3.63, 3.8) is 0 Å². The summed E-state index contributed by atoms with van der Waals surface area (Å²) in [6.07, 6.45) is 3.46. The molecule has 0 aliphatic carbocycles. The third-order valence-corrected chi connectivity index (χ3v) is 4.35. The van der Waals surface area contributed by atoms with Crippen molar-refractivity contribution >= 4 is 29.0 Å². The predicted octanol–water partition coefficient (Wildman–Crippen LogP) is 3.56. The lowest BCUT2D eigenvalue weighted by Crippen LogP contribution is -2.48. The number of ether oxygens (including phenoxy) is 3. The molecule has 3 rings (SSSR count). The van der Waals surface area contributed by atoms with Crippen LogP contribution in [-0.2, 0) is 25.4 Å². The molecule has 1 aromatic carbocycles. The number of aliphatic carboxylic acids is 1. The van der Waals surface area contributed by atoms with E-state index in [2.05, 4.69) is 16.6 Å². The van der Waals surface area contributed by atoms with Gasteiger partial charge in [-0.15, -0.1) is 0 Å². The number of carbonyl (C=O) groups is 2. The van der Waals surface area contributed by atoms with E-state index in [-0.39, 0.29) is 13.2 Å². The highest BCUT2D eigenvalue weighted by Gasteiger charge is 2.39. The molecule has 31 heavy (non-hydrogen) atoms. The van der Waals surface area contributed by atoms with Gasteiger partial charge in [0.2, 0.25) is 5.60 Å². The second-order valence-corrected chi connectivity index (χ2v) is 8.07. The van der Waals surface area contributed by atoms with Crippen LogP contribution in [0.5, 0.6) is 0 Å². The molecule has 0 radical (unpaired) electrons. The standard InChI is InChI=1S/C18H19NO4.C5H11NO2/c1-2-15-6-5-14-4-3-13(11-16(14)19-15)7-8-18(17(20)21)12-22-9-10-23-18;1-5(2,3)8-4(6)7/h3-8,11H,2,9-10,12H2,1H3,(H,20,21);1-3H3,(H2,6,7)/b8-7+;. The first kappa shape index (κ1) is 24.3. The highest BCUT2D eigenvalue weighted by Crippen LogP contribution is 2.22. The summed E-state index contributed by atoms with van der Waals surface area (Å²) in [6, 6.07) is 9.93. The van der Waals surface area contributed by atoms with Crippen molar-refractivity contribution < 1.29 is 28.9 Å². The van der Waals surface area contributed by atoms with Crippen LogP contribution in [0, 0.1) is 0 Å². The van der Waals surface area contributed by atoms with Crippen LogP contribution >= 0.6 is 0 Å². The zero-order valence-electron chi connectivity index (χ0n) is 18.4. The number of nitrogens with zero attached hydrogens (tertiary/aromatic N) is 1. The Balaban J connectivity index is 0.000000366. The van der Waals surface area contributed by atoms with Gasteiger partial charge in [-0.05, 0) is 51.0 Å². The molecule has 0 saturated carbocycles. The number of primary amides is 1. The van der Waals surface area contributed by atoms with Crippen molar-refractivity contribution in [3.05, 3.63) is 47.7 Å². The summed E-state index contributed by atoms with van der Waals surface area (Å²) in [6.45, 7) is 8.06. The number of hydrogen-bond acceptors (Lipinski definition) is 6. The minimum atomic E-state index is -1.41. The lowest BCUT2D eigenvalue weighted by molar-refractivity contribution is -0.181. The average molecular weight is 431 g/mol. The number of benzene rings is 1. The molecule has 1 atom stereocenters. The molecule has 1 fully saturated rings. The minimum absolute atomic E-state index is 0.0185. The normalized spacial score (nSPS) is 19.0. The van der Waals surface area contributed by atoms with E-state index in [0.29, 0.717) is 6.61 Å². The van der Waals surface area contributed by atoms with E-state index in [1.54, 1.807) is 32.9 Å². The fourth-order valence-electron chi connectivity index (χ4n) is 2.85. The second kappa shape index (κ2) is 10.4. The molecule has 2 heterocycles. The highest BCUT2D eigenvalue weighted by molar-refractivity contribution is 5.84. The lowest BCUT2D eigenvalue weighted by atomic mass is 10.0. The van der Waals surface area contributed by atoms with Gasteiger partial charge in [-0.1, -0.05) is 31.2 Å². The number of aryl methyl sites for hydroxylation is 1. The van der Waals surface area contributed by atoms with Gasteiger partial charge in [0.1, 0.15) is 5.60 Å². The number of aromatic nitrogens is 1. The van der Waals surface area contributed by atoms with Gasteiger partial charge in [0.05, 0.1) is 25.3 Å². The van der Waals surface area contributed by atoms with Gasteiger partial charge in [0.25, 0.3) is 0 Å². The number of rotatable bonds is 4. The number of amides is 1. The van der Waals surface area contributed by atoms with Crippen molar-refractivity contribution in [1.82, 2.24) is 4.98 Å². The Labute approximate surface area is 182 Å². The van der Waals surface area contributed by atoms with Crippen molar-refractivity contribution in [3.8, 4) is 0 Å². The Kier molecular flexibility index (Phi) is 8.13. The van der Waals surface area contributed by atoms with Crippen molar-refractivity contribution in [1.29, 1.82) is 0 Å². The van der Waals surface area contributed by atoms with Crippen molar-refractivity contribution in [2.24, 2.45) is 5.73 Å². The molecule has 8 nitrogen and oxygen atoms in total. The number of hydrogen-bond donors (Lipinski definition) is 2. The molecule has 1 aromatic heterocycles. The Morgan fingerprint density at radius 1 is 1.26 bits per heavy atom.